The van der Waals surface area contributed by atoms with Crippen LogP contribution in [0.4, 0.5) is 48.3 Å². The summed E-state index contributed by atoms with van der Waals surface area (Å²) < 4.78 is 160. The number of benzene rings is 1. The van der Waals surface area contributed by atoms with E-state index in [2.05, 4.69) is 0 Å². The van der Waals surface area contributed by atoms with Crippen LogP contribution in [-0.4, -0.2) is 68.3 Å². The van der Waals surface area contributed by atoms with Gasteiger partial charge in [0, 0.05) is 0 Å². The first-order valence-corrected chi connectivity index (χ1v) is 15.5. The van der Waals surface area contributed by atoms with Crippen molar-refractivity contribution in [1.82, 2.24) is 0 Å². The lowest BCUT2D eigenvalue weighted by Gasteiger charge is -2.44. The van der Waals surface area contributed by atoms with Crippen molar-refractivity contribution in [2.45, 2.75) is 121 Å². The van der Waals surface area contributed by atoms with Gasteiger partial charge in [-0.1, -0.05) is 38.1 Å². The summed E-state index contributed by atoms with van der Waals surface area (Å²) in [5.41, 5.74) is -8.43. The molecule has 0 spiro atoms. The van der Waals surface area contributed by atoms with E-state index in [1.54, 1.807) is 0 Å². The zero-order valence-electron chi connectivity index (χ0n) is 27.4. The van der Waals surface area contributed by atoms with Crippen molar-refractivity contribution >= 4 is 5.97 Å². The van der Waals surface area contributed by atoms with Gasteiger partial charge < -0.3 is 25.2 Å². The second kappa shape index (κ2) is 12.8. The second-order valence-electron chi connectivity index (χ2n) is 14.9. The number of hydrogen-bond donors (Lipinski definition) is 4. The summed E-state index contributed by atoms with van der Waals surface area (Å²) in [7, 11) is 0. The monoisotopic (exact) mass is 730 g/mol. The Morgan fingerprint density at radius 3 is 1.76 bits per heavy atom. The fourth-order valence-electron chi connectivity index (χ4n) is 7.54. The van der Waals surface area contributed by atoms with Crippen LogP contribution < -0.4 is 0 Å². The predicted molar refractivity (Wildman–Crippen MR) is 151 cm³/mol. The minimum absolute atomic E-state index is 0.0893. The largest absolute Gasteiger partial charge is 0.459 e. The molecule has 0 aliphatic heterocycles. The van der Waals surface area contributed by atoms with Gasteiger partial charge in [0.2, 0.25) is 0 Å². The summed E-state index contributed by atoms with van der Waals surface area (Å²) in [6, 6.07) is 3.97. The minimum Gasteiger partial charge on any atom is -0.459 e. The van der Waals surface area contributed by atoms with Crippen molar-refractivity contribution in [3.63, 3.8) is 0 Å². The van der Waals surface area contributed by atoms with Crippen LogP contribution in [0.1, 0.15) is 84.3 Å². The molecular formula is C32H41F11O6. The van der Waals surface area contributed by atoms with Crippen LogP contribution in [0.5, 0.6) is 0 Å². The van der Waals surface area contributed by atoms with E-state index in [-0.39, 0.29) is 12.0 Å². The molecular weight excluding hydrogens is 689 g/mol. The Kier molecular flexibility index (Phi) is 10.7. The zero-order valence-corrected chi connectivity index (χ0v) is 27.4. The first kappa shape index (κ1) is 41.2. The number of alkyl halides is 11. The molecule has 49 heavy (non-hydrogen) atoms. The maximum Gasteiger partial charge on any atom is 0.449 e. The minimum atomic E-state index is -6.25. The van der Waals surface area contributed by atoms with Gasteiger partial charge in [0.1, 0.15) is 11.7 Å². The third-order valence-electron chi connectivity index (χ3n) is 10.5. The van der Waals surface area contributed by atoms with Crippen molar-refractivity contribution < 1.29 is 78.3 Å². The number of hydrogen-bond acceptors (Lipinski definition) is 6. The van der Waals surface area contributed by atoms with Crippen LogP contribution in [0.2, 0.25) is 0 Å². The Bertz CT molecular complexity index is 1330. The fraction of sp³-hybridized carbons (Fsp3) is 0.781. The quantitative estimate of drug-likeness (QED) is 0.114. The van der Waals surface area contributed by atoms with Gasteiger partial charge in [-0.05, 0) is 100 Å². The highest BCUT2D eigenvalue weighted by atomic mass is 19.4. The SMILES string of the molecule is CC(CC(CC1C2CC(C1C)C(C(O)C(F)(F)C(O)(O)C(F)(F)F)C2)(C(=O)OC(C)(C)C)C(F)(F)F)c1ccc(C(C)(O)C(F)(F)F)cc1. The van der Waals surface area contributed by atoms with Crippen LogP contribution in [-0.2, 0) is 15.1 Å². The molecule has 17 heteroatoms. The molecule has 4 N–H and O–H groups in total. The fourth-order valence-corrected chi connectivity index (χ4v) is 7.54. The van der Waals surface area contributed by atoms with E-state index in [1.165, 1.54) is 34.6 Å². The average molecular weight is 731 g/mol. The molecule has 2 bridgehead atoms. The number of fused-ring (bicyclic) bond motifs is 2. The van der Waals surface area contributed by atoms with Gasteiger partial charge in [0.25, 0.3) is 0 Å². The number of rotatable bonds is 10. The molecule has 0 amide bonds. The summed E-state index contributed by atoms with van der Waals surface area (Å²) >= 11 is 0. The molecule has 6 nitrogen and oxygen atoms in total. The molecule has 0 heterocycles. The number of carbonyl (C=O) groups is 1. The normalized spacial score (nSPS) is 27.7. The van der Waals surface area contributed by atoms with Crippen molar-refractivity contribution in [3.8, 4) is 0 Å². The molecule has 0 saturated heterocycles. The summed E-state index contributed by atoms with van der Waals surface area (Å²) in [5, 5.41) is 38.8. The Morgan fingerprint density at radius 2 is 1.35 bits per heavy atom. The Balaban J connectivity index is 1.99. The van der Waals surface area contributed by atoms with E-state index in [9.17, 15) is 60.3 Å². The van der Waals surface area contributed by atoms with E-state index < -0.39 is 119 Å². The number of esters is 1. The third kappa shape index (κ3) is 7.41. The smallest absolute Gasteiger partial charge is 0.449 e. The maximum atomic E-state index is 15.3. The van der Waals surface area contributed by atoms with E-state index in [4.69, 9.17) is 4.74 Å². The molecule has 282 valence electrons. The highest BCUT2D eigenvalue weighted by Gasteiger charge is 2.74. The van der Waals surface area contributed by atoms with Crippen LogP contribution in [0.25, 0.3) is 0 Å². The van der Waals surface area contributed by atoms with Gasteiger partial charge in [-0.2, -0.15) is 48.3 Å². The average Bonchev–Trinajstić information content (AvgIpc) is 3.48. The standard InChI is InChI=1S/C32H41F11O6/c1-15(17-7-9-19(10-8-17)26(6,46)30(35,36)37)13-27(31(38,39)40,24(45)49-25(3,4)5)14-22-16(2)20-11-18(22)12-21(20)23(44)28(33,34)29(47,48)32(41,42)43/h7-10,15-16,18,20-23,44,46-48H,11-14H2,1-6H3. The summed E-state index contributed by atoms with van der Waals surface area (Å²) in [6.45, 7) is 7.15. The van der Waals surface area contributed by atoms with Gasteiger partial charge >= 0.3 is 36.2 Å². The van der Waals surface area contributed by atoms with E-state index >= 15 is 13.2 Å². The predicted octanol–water partition coefficient (Wildman–Crippen LogP) is 7.38. The van der Waals surface area contributed by atoms with Crippen molar-refractivity contribution in [2.24, 2.45) is 35.0 Å². The maximum absolute atomic E-state index is 15.3. The van der Waals surface area contributed by atoms with Gasteiger partial charge in [0.15, 0.2) is 11.0 Å². The van der Waals surface area contributed by atoms with E-state index in [0.29, 0.717) is 6.92 Å². The summed E-state index contributed by atoms with van der Waals surface area (Å²) in [5.74, 6) is -19.5. The number of halogens is 11. The molecule has 9 atom stereocenters. The molecule has 3 rings (SSSR count). The lowest BCUT2D eigenvalue weighted by molar-refractivity contribution is -0.432. The molecule has 2 aliphatic carbocycles. The number of aliphatic hydroxyl groups is 4. The number of aliphatic hydroxyl groups excluding tert-OH is 1. The van der Waals surface area contributed by atoms with Crippen LogP contribution >= 0.6 is 0 Å². The van der Waals surface area contributed by atoms with Gasteiger partial charge in [0.05, 0.1) is 0 Å². The Hall–Kier alpha value is -2.24. The molecule has 0 radical (unpaired) electrons. The number of ether oxygens (including phenoxy) is 1. The summed E-state index contributed by atoms with van der Waals surface area (Å²) in [6.07, 6.45) is -22.3. The van der Waals surface area contributed by atoms with E-state index in [1.807, 2.05) is 0 Å². The molecule has 2 aliphatic rings. The molecule has 1 aromatic carbocycles. The molecule has 2 fully saturated rings. The first-order chi connectivity index (χ1) is 21.7. The lowest BCUT2D eigenvalue weighted by atomic mass is 9.63. The van der Waals surface area contributed by atoms with Crippen molar-refractivity contribution in [3.05, 3.63) is 35.4 Å². The van der Waals surface area contributed by atoms with Gasteiger partial charge in [-0.3, -0.25) is 4.79 Å². The van der Waals surface area contributed by atoms with Crippen molar-refractivity contribution in [2.75, 3.05) is 0 Å². The highest BCUT2D eigenvalue weighted by molar-refractivity contribution is 5.78. The zero-order chi connectivity index (χ0) is 38.1. The number of carbonyl (C=O) groups excluding carboxylic acids is 1. The Morgan fingerprint density at radius 1 is 0.837 bits per heavy atom. The third-order valence-corrected chi connectivity index (χ3v) is 10.5. The van der Waals surface area contributed by atoms with Crippen LogP contribution in [0, 0.1) is 35.0 Å². The van der Waals surface area contributed by atoms with Gasteiger partial charge in [-0.15, -0.1) is 0 Å². The second-order valence-corrected chi connectivity index (χ2v) is 14.9. The topological polar surface area (TPSA) is 107 Å². The van der Waals surface area contributed by atoms with Crippen LogP contribution in [0.15, 0.2) is 24.3 Å². The lowest BCUT2D eigenvalue weighted by Crippen LogP contribution is -2.65. The molecule has 2 saturated carbocycles. The van der Waals surface area contributed by atoms with Crippen LogP contribution in [0.3, 0.4) is 0 Å². The summed E-state index contributed by atoms with van der Waals surface area (Å²) in [4.78, 5) is 13.6. The van der Waals surface area contributed by atoms with E-state index in [0.717, 1.165) is 24.3 Å². The highest BCUT2D eigenvalue weighted by Crippen LogP contribution is 2.63. The van der Waals surface area contributed by atoms with Crippen molar-refractivity contribution in [1.29, 1.82) is 0 Å². The molecule has 1 aromatic rings. The molecule has 9 unspecified atom stereocenters. The molecule has 0 aromatic heterocycles. The van der Waals surface area contributed by atoms with Gasteiger partial charge in [-0.25, -0.2) is 0 Å². The first-order valence-electron chi connectivity index (χ1n) is 15.5. The Labute approximate surface area is 275 Å².